The number of carbonyl (C=O) groups is 1. The summed E-state index contributed by atoms with van der Waals surface area (Å²) in [5.74, 6) is -0.691. The van der Waals surface area contributed by atoms with Crippen LogP contribution in [0.4, 0.5) is 0 Å². The topological polar surface area (TPSA) is 40.5 Å². The SMILES string of the molecule is CC(C(=O)O)N1CC2(CCC2)C1. The quantitative estimate of drug-likeness (QED) is 0.669. The van der Waals surface area contributed by atoms with Crippen molar-refractivity contribution in [3.05, 3.63) is 0 Å². The first-order chi connectivity index (χ1) is 5.63. The molecule has 2 fully saturated rings. The summed E-state index contributed by atoms with van der Waals surface area (Å²) in [6, 6.07) is -0.281. The van der Waals surface area contributed by atoms with Crippen molar-refractivity contribution < 1.29 is 9.90 Å². The maximum absolute atomic E-state index is 10.6. The molecule has 2 rings (SSSR count). The Morgan fingerprint density at radius 3 is 2.42 bits per heavy atom. The van der Waals surface area contributed by atoms with Crippen molar-refractivity contribution in [1.29, 1.82) is 0 Å². The Labute approximate surface area is 72.4 Å². The van der Waals surface area contributed by atoms with E-state index in [1.807, 2.05) is 0 Å². The summed E-state index contributed by atoms with van der Waals surface area (Å²) in [7, 11) is 0. The summed E-state index contributed by atoms with van der Waals surface area (Å²) in [5.41, 5.74) is 0.545. The third-order valence-corrected chi connectivity index (χ3v) is 3.40. The van der Waals surface area contributed by atoms with Crippen LogP contribution in [-0.2, 0) is 4.79 Å². The zero-order valence-corrected chi connectivity index (χ0v) is 7.42. The van der Waals surface area contributed by atoms with Gasteiger partial charge >= 0.3 is 5.97 Å². The predicted octanol–water partition coefficient (Wildman–Crippen LogP) is 0.945. The number of aliphatic carboxylic acids is 1. The van der Waals surface area contributed by atoms with E-state index < -0.39 is 5.97 Å². The van der Waals surface area contributed by atoms with Gasteiger partial charge in [-0.15, -0.1) is 0 Å². The van der Waals surface area contributed by atoms with E-state index in [1.165, 1.54) is 19.3 Å². The molecule has 1 saturated heterocycles. The minimum atomic E-state index is -0.691. The smallest absolute Gasteiger partial charge is 0.320 e. The van der Waals surface area contributed by atoms with Crippen molar-refractivity contribution in [2.75, 3.05) is 13.1 Å². The van der Waals surface area contributed by atoms with Gasteiger partial charge in [0.15, 0.2) is 0 Å². The molecule has 1 aliphatic carbocycles. The Morgan fingerprint density at radius 2 is 2.08 bits per heavy atom. The summed E-state index contributed by atoms with van der Waals surface area (Å²) in [5, 5.41) is 8.74. The molecule has 1 spiro atoms. The number of likely N-dealkylation sites (tertiary alicyclic amines) is 1. The highest BCUT2D eigenvalue weighted by Gasteiger charge is 2.49. The third kappa shape index (κ3) is 1.04. The number of hydrogen-bond acceptors (Lipinski definition) is 2. The van der Waals surface area contributed by atoms with Crippen LogP contribution in [0.2, 0.25) is 0 Å². The fourth-order valence-corrected chi connectivity index (χ4v) is 2.24. The first-order valence-electron chi connectivity index (χ1n) is 4.60. The molecule has 1 saturated carbocycles. The fraction of sp³-hybridized carbons (Fsp3) is 0.889. The standard InChI is InChI=1S/C9H15NO2/c1-7(8(11)12)10-5-9(6-10)3-2-4-9/h7H,2-6H2,1H3,(H,11,12). The van der Waals surface area contributed by atoms with Crippen LogP contribution in [-0.4, -0.2) is 35.1 Å². The van der Waals surface area contributed by atoms with Crippen LogP contribution in [0.25, 0.3) is 0 Å². The molecule has 0 radical (unpaired) electrons. The summed E-state index contributed by atoms with van der Waals surface area (Å²) >= 11 is 0. The minimum absolute atomic E-state index is 0.281. The van der Waals surface area contributed by atoms with E-state index in [9.17, 15) is 4.79 Å². The lowest BCUT2D eigenvalue weighted by molar-refractivity contribution is -0.152. The first-order valence-corrected chi connectivity index (χ1v) is 4.60. The van der Waals surface area contributed by atoms with Gasteiger partial charge in [-0.3, -0.25) is 9.69 Å². The highest BCUT2D eigenvalue weighted by Crippen LogP contribution is 2.48. The molecular formula is C9H15NO2. The van der Waals surface area contributed by atoms with Gasteiger partial charge in [0.25, 0.3) is 0 Å². The van der Waals surface area contributed by atoms with E-state index in [0.717, 1.165) is 13.1 Å². The Bertz CT molecular complexity index is 203. The predicted molar refractivity (Wildman–Crippen MR) is 45.0 cm³/mol. The molecule has 1 atom stereocenters. The number of hydrogen-bond donors (Lipinski definition) is 1. The van der Waals surface area contributed by atoms with E-state index in [-0.39, 0.29) is 6.04 Å². The summed E-state index contributed by atoms with van der Waals surface area (Å²) in [4.78, 5) is 12.7. The average Bonchev–Trinajstić information content (AvgIpc) is 1.80. The molecule has 0 aromatic heterocycles. The van der Waals surface area contributed by atoms with Gasteiger partial charge in [-0.05, 0) is 25.2 Å². The second-order valence-electron chi connectivity index (χ2n) is 4.27. The Kier molecular flexibility index (Phi) is 1.65. The van der Waals surface area contributed by atoms with Crippen LogP contribution in [0, 0.1) is 5.41 Å². The second kappa shape index (κ2) is 2.46. The molecule has 1 heterocycles. The maximum atomic E-state index is 10.6. The molecule has 3 heteroatoms. The Hall–Kier alpha value is -0.570. The molecule has 0 aromatic rings. The van der Waals surface area contributed by atoms with Crippen molar-refractivity contribution in [3.63, 3.8) is 0 Å². The minimum Gasteiger partial charge on any atom is -0.480 e. The van der Waals surface area contributed by atoms with E-state index in [1.54, 1.807) is 6.92 Å². The average molecular weight is 169 g/mol. The highest BCUT2D eigenvalue weighted by molar-refractivity contribution is 5.73. The zero-order valence-electron chi connectivity index (χ0n) is 7.42. The monoisotopic (exact) mass is 169 g/mol. The van der Waals surface area contributed by atoms with Gasteiger partial charge in [0.2, 0.25) is 0 Å². The molecule has 68 valence electrons. The van der Waals surface area contributed by atoms with Gasteiger partial charge in [0.05, 0.1) is 0 Å². The van der Waals surface area contributed by atoms with Crippen LogP contribution in [0.1, 0.15) is 26.2 Å². The lowest BCUT2D eigenvalue weighted by atomic mass is 9.63. The van der Waals surface area contributed by atoms with Crippen LogP contribution < -0.4 is 0 Å². The lowest BCUT2D eigenvalue weighted by Crippen LogP contribution is -2.63. The van der Waals surface area contributed by atoms with Crippen molar-refractivity contribution >= 4 is 5.97 Å². The third-order valence-electron chi connectivity index (χ3n) is 3.40. The Morgan fingerprint density at radius 1 is 1.50 bits per heavy atom. The normalized spacial score (nSPS) is 29.1. The highest BCUT2D eigenvalue weighted by atomic mass is 16.4. The molecule has 12 heavy (non-hydrogen) atoms. The van der Waals surface area contributed by atoms with E-state index >= 15 is 0 Å². The summed E-state index contributed by atoms with van der Waals surface area (Å²) in [6.45, 7) is 3.80. The van der Waals surface area contributed by atoms with Gasteiger partial charge in [0, 0.05) is 13.1 Å². The first kappa shape index (κ1) is 8.05. The number of rotatable bonds is 2. The fourth-order valence-electron chi connectivity index (χ4n) is 2.24. The van der Waals surface area contributed by atoms with Gasteiger partial charge < -0.3 is 5.11 Å². The maximum Gasteiger partial charge on any atom is 0.320 e. The van der Waals surface area contributed by atoms with Gasteiger partial charge in [-0.2, -0.15) is 0 Å². The van der Waals surface area contributed by atoms with Crippen molar-refractivity contribution in [1.82, 2.24) is 4.90 Å². The van der Waals surface area contributed by atoms with Crippen LogP contribution in [0.3, 0.4) is 0 Å². The van der Waals surface area contributed by atoms with Crippen molar-refractivity contribution in [3.8, 4) is 0 Å². The molecule has 1 unspecified atom stereocenters. The summed E-state index contributed by atoms with van der Waals surface area (Å²) in [6.07, 6.45) is 3.97. The molecule has 2 aliphatic rings. The van der Waals surface area contributed by atoms with Crippen molar-refractivity contribution in [2.45, 2.75) is 32.2 Å². The molecular weight excluding hydrogens is 154 g/mol. The van der Waals surface area contributed by atoms with Gasteiger partial charge in [-0.25, -0.2) is 0 Å². The number of carboxylic acids is 1. The van der Waals surface area contributed by atoms with Crippen LogP contribution in [0.5, 0.6) is 0 Å². The molecule has 0 aromatic carbocycles. The van der Waals surface area contributed by atoms with E-state index in [0.29, 0.717) is 5.41 Å². The van der Waals surface area contributed by atoms with Crippen LogP contribution in [0.15, 0.2) is 0 Å². The molecule has 0 bridgehead atoms. The number of nitrogens with zero attached hydrogens (tertiary/aromatic N) is 1. The largest absolute Gasteiger partial charge is 0.480 e. The Balaban J connectivity index is 1.84. The number of carboxylic acid groups (broad SMARTS) is 1. The van der Waals surface area contributed by atoms with E-state index in [4.69, 9.17) is 5.11 Å². The zero-order chi connectivity index (χ0) is 8.77. The van der Waals surface area contributed by atoms with Gasteiger partial charge in [0.1, 0.15) is 6.04 Å². The molecule has 1 N–H and O–H groups in total. The van der Waals surface area contributed by atoms with Crippen molar-refractivity contribution in [2.24, 2.45) is 5.41 Å². The van der Waals surface area contributed by atoms with Crippen LogP contribution >= 0.6 is 0 Å². The van der Waals surface area contributed by atoms with Gasteiger partial charge in [-0.1, -0.05) is 6.42 Å². The summed E-state index contributed by atoms with van der Waals surface area (Å²) < 4.78 is 0. The van der Waals surface area contributed by atoms with E-state index in [2.05, 4.69) is 4.90 Å². The molecule has 3 nitrogen and oxygen atoms in total. The molecule has 1 aliphatic heterocycles. The lowest BCUT2D eigenvalue weighted by Gasteiger charge is -2.57. The molecule has 0 amide bonds. The second-order valence-corrected chi connectivity index (χ2v) is 4.27.